The minimum atomic E-state index is -0.299. The molecule has 1 rings (SSSR count). The molecule has 1 atom stereocenters. The maximum absolute atomic E-state index is 11.2. The molecule has 14 heavy (non-hydrogen) atoms. The average molecular weight is 197 g/mol. The van der Waals surface area contributed by atoms with Gasteiger partial charge in [0.25, 0.3) is 0 Å². The molecule has 0 aromatic rings. The Morgan fingerprint density at radius 1 is 1.29 bits per heavy atom. The molecule has 1 aliphatic rings. The number of carbonyl (C=O) groups excluding carboxylic acids is 2. The molecular weight excluding hydrogens is 178 g/mol. The molecule has 1 fully saturated rings. The molecule has 3 nitrogen and oxygen atoms in total. The molecule has 0 heterocycles. The summed E-state index contributed by atoms with van der Waals surface area (Å²) in [5, 5.41) is 0. The van der Waals surface area contributed by atoms with Crippen molar-refractivity contribution in [3.8, 4) is 0 Å². The monoisotopic (exact) mass is 197 g/mol. The van der Waals surface area contributed by atoms with E-state index in [4.69, 9.17) is 5.73 Å². The molecule has 1 unspecified atom stereocenters. The average Bonchev–Trinajstić information content (AvgIpc) is 2.15. The molecule has 1 saturated carbocycles. The number of carbonyl (C=O) groups is 2. The fraction of sp³-hybridized carbons (Fsp3) is 0.818. The summed E-state index contributed by atoms with van der Waals surface area (Å²) in [6.45, 7) is 1.53. The Labute approximate surface area is 85.0 Å². The highest BCUT2D eigenvalue weighted by atomic mass is 16.1. The van der Waals surface area contributed by atoms with Crippen molar-refractivity contribution in [1.29, 1.82) is 0 Å². The van der Waals surface area contributed by atoms with Gasteiger partial charge in [-0.1, -0.05) is 19.3 Å². The number of hydrogen-bond acceptors (Lipinski definition) is 2. The first kappa shape index (κ1) is 11.2. The van der Waals surface area contributed by atoms with Gasteiger partial charge in [-0.3, -0.25) is 4.79 Å². The molecule has 0 spiro atoms. The minimum Gasteiger partial charge on any atom is -0.369 e. The highest BCUT2D eigenvalue weighted by Crippen LogP contribution is 2.31. The van der Waals surface area contributed by atoms with Crippen LogP contribution in [0.5, 0.6) is 0 Å². The molecule has 0 radical (unpaired) electrons. The van der Waals surface area contributed by atoms with Gasteiger partial charge in [0.2, 0.25) is 5.91 Å². The van der Waals surface area contributed by atoms with Crippen molar-refractivity contribution in [1.82, 2.24) is 0 Å². The van der Waals surface area contributed by atoms with Gasteiger partial charge in [-0.25, -0.2) is 0 Å². The van der Waals surface area contributed by atoms with Crippen LogP contribution in [0.25, 0.3) is 0 Å². The van der Waals surface area contributed by atoms with Gasteiger partial charge in [0.1, 0.15) is 5.78 Å². The van der Waals surface area contributed by atoms with E-state index in [-0.39, 0.29) is 17.6 Å². The van der Waals surface area contributed by atoms with Crippen molar-refractivity contribution in [2.45, 2.75) is 45.4 Å². The lowest BCUT2D eigenvalue weighted by atomic mass is 9.77. The summed E-state index contributed by atoms with van der Waals surface area (Å²) in [6, 6.07) is 0. The van der Waals surface area contributed by atoms with E-state index < -0.39 is 0 Å². The van der Waals surface area contributed by atoms with E-state index in [9.17, 15) is 9.59 Å². The summed E-state index contributed by atoms with van der Waals surface area (Å²) < 4.78 is 0. The lowest BCUT2D eigenvalue weighted by Crippen LogP contribution is -2.32. The number of rotatable bonds is 4. The molecule has 1 aliphatic carbocycles. The van der Waals surface area contributed by atoms with E-state index in [1.165, 1.54) is 26.2 Å². The quantitative estimate of drug-likeness (QED) is 0.744. The Balaban J connectivity index is 2.56. The normalized spacial score (nSPS) is 20.4. The zero-order chi connectivity index (χ0) is 10.6. The van der Waals surface area contributed by atoms with Crippen LogP contribution in [-0.2, 0) is 9.59 Å². The molecule has 2 N–H and O–H groups in total. The summed E-state index contributed by atoms with van der Waals surface area (Å²) in [4.78, 5) is 22.2. The molecule has 0 aliphatic heterocycles. The van der Waals surface area contributed by atoms with Crippen LogP contribution < -0.4 is 5.73 Å². The molecule has 1 amide bonds. The fourth-order valence-electron chi connectivity index (χ4n) is 2.35. The van der Waals surface area contributed by atoms with Crippen molar-refractivity contribution >= 4 is 11.7 Å². The molecule has 0 aromatic carbocycles. The van der Waals surface area contributed by atoms with Gasteiger partial charge in [0.15, 0.2) is 0 Å². The van der Waals surface area contributed by atoms with Crippen molar-refractivity contribution in [3.05, 3.63) is 0 Å². The van der Waals surface area contributed by atoms with E-state index in [0.717, 1.165) is 12.8 Å². The standard InChI is InChI=1S/C11H19NO2/c1-8(13)7-10(11(12)14)9-5-3-2-4-6-9/h9-10H,2-7H2,1H3,(H2,12,14). The number of ketones is 1. The minimum absolute atomic E-state index is 0.0689. The van der Waals surface area contributed by atoms with Crippen LogP contribution in [-0.4, -0.2) is 11.7 Å². The van der Waals surface area contributed by atoms with E-state index >= 15 is 0 Å². The SMILES string of the molecule is CC(=O)CC(C(N)=O)C1CCCCC1. The third-order valence-electron chi connectivity index (χ3n) is 3.09. The molecule has 0 bridgehead atoms. The number of nitrogens with two attached hydrogens (primary N) is 1. The smallest absolute Gasteiger partial charge is 0.221 e. The van der Waals surface area contributed by atoms with Crippen LogP contribution in [0.3, 0.4) is 0 Å². The first-order chi connectivity index (χ1) is 6.61. The van der Waals surface area contributed by atoms with Crippen LogP contribution in [0.15, 0.2) is 0 Å². The third-order valence-corrected chi connectivity index (χ3v) is 3.09. The first-order valence-electron chi connectivity index (χ1n) is 5.40. The summed E-state index contributed by atoms with van der Waals surface area (Å²) in [7, 11) is 0. The zero-order valence-electron chi connectivity index (χ0n) is 8.79. The van der Waals surface area contributed by atoms with Crippen molar-refractivity contribution < 1.29 is 9.59 Å². The second-order valence-electron chi connectivity index (χ2n) is 4.31. The second-order valence-corrected chi connectivity index (χ2v) is 4.31. The van der Waals surface area contributed by atoms with E-state index in [1.54, 1.807) is 0 Å². The summed E-state index contributed by atoms with van der Waals surface area (Å²) >= 11 is 0. The molecule has 0 aromatic heterocycles. The predicted octanol–water partition coefficient (Wildman–Crippen LogP) is 1.65. The van der Waals surface area contributed by atoms with Crippen LogP contribution >= 0.6 is 0 Å². The lowest BCUT2D eigenvalue weighted by molar-refractivity contribution is -0.128. The Kier molecular flexibility index (Phi) is 4.11. The number of Topliss-reactive ketones (excluding diaryl/α,β-unsaturated/α-hetero) is 1. The molecule has 80 valence electrons. The Hall–Kier alpha value is -0.860. The molecule has 0 saturated heterocycles. The first-order valence-corrected chi connectivity index (χ1v) is 5.40. The topological polar surface area (TPSA) is 60.2 Å². The predicted molar refractivity (Wildman–Crippen MR) is 54.6 cm³/mol. The van der Waals surface area contributed by atoms with Gasteiger partial charge in [-0.05, 0) is 25.7 Å². The maximum Gasteiger partial charge on any atom is 0.221 e. The fourth-order valence-corrected chi connectivity index (χ4v) is 2.35. The van der Waals surface area contributed by atoms with Gasteiger partial charge in [-0.15, -0.1) is 0 Å². The largest absolute Gasteiger partial charge is 0.369 e. The Morgan fingerprint density at radius 3 is 2.29 bits per heavy atom. The van der Waals surface area contributed by atoms with Gasteiger partial charge < -0.3 is 10.5 Å². The summed E-state index contributed by atoms with van der Waals surface area (Å²) in [5.74, 6) is -0.0931. The van der Waals surface area contributed by atoms with Crippen LogP contribution in [0.4, 0.5) is 0 Å². The van der Waals surface area contributed by atoms with Crippen LogP contribution in [0.2, 0.25) is 0 Å². The van der Waals surface area contributed by atoms with Gasteiger partial charge in [0.05, 0.1) is 0 Å². The molecular formula is C11H19NO2. The van der Waals surface area contributed by atoms with E-state index in [1.807, 2.05) is 0 Å². The number of amides is 1. The summed E-state index contributed by atoms with van der Waals surface area (Å²) in [6.07, 6.45) is 6.04. The zero-order valence-corrected chi connectivity index (χ0v) is 8.79. The van der Waals surface area contributed by atoms with Crippen LogP contribution in [0, 0.1) is 11.8 Å². The highest BCUT2D eigenvalue weighted by molar-refractivity contribution is 5.84. The third kappa shape index (κ3) is 3.13. The van der Waals surface area contributed by atoms with Crippen molar-refractivity contribution in [2.24, 2.45) is 17.6 Å². The van der Waals surface area contributed by atoms with Crippen LogP contribution in [0.1, 0.15) is 45.4 Å². The molecule has 3 heteroatoms. The second kappa shape index (κ2) is 5.13. The summed E-state index contributed by atoms with van der Waals surface area (Å²) in [5.41, 5.74) is 5.32. The Bertz CT molecular complexity index is 219. The van der Waals surface area contributed by atoms with Crippen molar-refractivity contribution in [3.63, 3.8) is 0 Å². The Morgan fingerprint density at radius 2 is 1.86 bits per heavy atom. The van der Waals surface area contributed by atoms with Gasteiger partial charge in [0, 0.05) is 12.3 Å². The van der Waals surface area contributed by atoms with E-state index in [0.29, 0.717) is 12.3 Å². The van der Waals surface area contributed by atoms with Crippen molar-refractivity contribution in [2.75, 3.05) is 0 Å². The number of primary amides is 1. The van der Waals surface area contributed by atoms with Gasteiger partial charge >= 0.3 is 0 Å². The van der Waals surface area contributed by atoms with Gasteiger partial charge in [-0.2, -0.15) is 0 Å². The number of hydrogen-bond donors (Lipinski definition) is 1. The maximum atomic E-state index is 11.2. The highest BCUT2D eigenvalue weighted by Gasteiger charge is 2.28. The lowest BCUT2D eigenvalue weighted by Gasteiger charge is -2.27. The van der Waals surface area contributed by atoms with E-state index in [2.05, 4.69) is 0 Å².